The lowest BCUT2D eigenvalue weighted by molar-refractivity contribution is -0.0338. The Bertz CT molecular complexity index is 875. The topological polar surface area (TPSA) is 57.9 Å². The second kappa shape index (κ2) is 9.11. The molecule has 6 nitrogen and oxygen atoms in total. The van der Waals surface area contributed by atoms with E-state index in [0.717, 1.165) is 44.0 Å². The largest absolute Gasteiger partial charge is 0.503 e. The summed E-state index contributed by atoms with van der Waals surface area (Å²) < 4.78 is 7.97. The average Bonchev–Trinajstić information content (AvgIpc) is 2.76. The SMILES string of the molecule is Cn1c(CN2CCCCC2)cc(=O)c(O)c1CN1CCO[C@@H](c2ccccc2)C1. The Morgan fingerprint density at radius 3 is 2.55 bits per heavy atom. The van der Waals surface area contributed by atoms with Crippen LogP contribution in [0.5, 0.6) is 5.75 Å². The van der Waals surface area contributed by atoms with E-state index in [1.54, 1.807) is 6.07 Å². The Morgan fingerprint density at radius 2 is 1.79 bits per heavy atom. The molecule has 0 bridgehead atoms. The molecule has 0 radical (unpaired) electrons. The first kappa shape index (κ1) is 20.1. The molecule has 156 valence electrons. The number of aromatic hydroxyl groups is 1. The van der Waals surface area contributed by atoms with Crippen molar-refractivity contribution in [1.29, 1.82) is 0 Å². The van der Waals surface area contributed by atoms with Gasteiger partial charge in [-0.25, -0.2) is 0 Å². The molecule has 0 amide bonds. The maximum Gasteiger partial charge on any atom is 0.223 e. The smallest absolute Gasteiger partial charge is 0.223 e. The van der Waals surface area contributed by atoms with Gasteiger partial charge in [-0.2, -0.15) is 0 Å². The van der Waals surface area contributed by atoms with Crippen molar-refractivity contribution < 1.29 is 9.84 Å². The van der Waals surface area contributed by atoms with Crippen molar-refractivity contribution in [3.8, 4) is 5.75 Å². The van der Waals surface area contributed by atoms with E-state index in [-0.39, 0.29) is 17.3 Å². The van der Waals surface area contributed by atoms with Crippen molar-refractivity contribution in [2.75, 3.05) is 32.8 Å². The van der Waals surface area contributed by atoms with Crippen LogP contribution in [0.25, 0.3) is 0 Å². The summed E-state index contributed by atoms with van der Waals surface area (Å²) in [6, 6.07) is 11.8. The van der Waals surface area contributed by atoms with Crippen LogP contribution in [0.1, 0.15) is 42.3 Å². The zero-order chi connectivity index (χ0) is 20.2. The van der Waals surface area contributed by atoms with Crippen LogP contribution >= 0.6 is 0 Å². The van der Waals surface area contributed by atoms with Gasteiger partial charge in [0.1, 0.15) is 0 Å². The molecule has 1 N–H and O–H groups in total. The van der Waals surface area contributed by atoms with E-state index < -0.39 is 0 Å². The van der Waals surface area contributed by atoms with Crippen LogP contribution in [-0.2, 0) is 24.9 Å². The van der Waals surface area contributed by atoms with Crippen molar-refractivity contribution in [2.45, 2.75) is 38.5 Å². The third-order valence-corrected chi connectivity index (χ3v) is 6.17. The Morgan fingerprint density at radius 1 is 1.03 bits per heavy atom. The summed E-state index contributed by atoms with van der Waals surface area (Å²) in [4.78, 5) is 17.1. The van der Waals surface area contributed by atoms with Gasteiger partial charge in [-0.3, -0.25) is 14.6 Å². The number of benzene rings is 1. The van der Waals surface area contributed by atoms with Crippen LogP contribution in [0.2, 0.25) is 0 Å². The molecule has 3 heterocycles. The molecule has 2 fully saturated rings. The van der Waals surface area contributed by atoms with Crippen molar-refractivity contribution in [3.63, 3.8) is 0 Å². The minimum atomic E-state index is -0.280. The van der Waals surface area contributed by atoms with E-state index >= 15 is 0 Å². The Labute approximate surface area is 172 Å². The van der Waals surface area contributed by atoms with E-state index in [2.05, 4.69) is 21.9 Å². The first-order valence-electron chi connectivity index (χ1n) is 10.6. The van der Waals surface area contributed by atoms with Crippen LogP contribution < -0.4 is 5.43 Å². The minimum Gasteiger partial charge on any atom is -0.503 e. The van der Waals surface area contributed by atoms with Crippen LogP contribution in [0.15, 0.2) is 41.2 Å². The molecule has 0 aliphatic carbocycles. The molecule has 1 atom stereocenters. The maximum atomic E-state index is 12.5. The maximum absolute atomic E-state index is 12.5. The highest BCUT2D eigenvalue weighted by Gasteiger charge is 2.24. The fourth-order valence-corrected chi connectivity index (χ4v) is 4.40. The first-order chi connectivity index (χ1) is 14.1. The Kier molecular flexibility index (Phi) is 6.33. The molecule has 0 spiro atoms. The van der Waals surface area contributed by atoms with Gasteiger partial charge >= 0.3 is 0 Å². The molecule has 2 aromatic rings. The van der Waals surface area contributed by atoms with Gasteiger partial charge in [0.15, 0.2) is 5.75 Å². The number of rotatable bonds is 5. The van der Waals surface area contributed by atoms with Gasteiger partial charge in [-0.1, -0.05) is 36.8 Å². The summed E-state index contributed by atoms with van der Waals surface area (Å²) in [5.41, 5.74) is 2.54. The summed E-state index contributed by atoms with van der Waals surface area (Å²) in [5.74, 6) is -0.127. The standard InChI is InChI=1S/C23H31N3O3/c1-24-19(15-25-10-6-3-7-11-25)14-21(27)23(28)20(24)16-26-12-13-29-22(17-26)18-8-4-2-5-9-18/h2,4-5,8-9,14,22,28H,3,6-7,10-13,15-17H2,1H3/t22-/m1/s1. The van der Waals surface area contributed by atoms with Crippen LogP contribution in [0, 0.1) is 0 Å². The number of pyridine rings is 1. The second-order valence-electron chi connectivity index (χ2n) is 8.20. The zero-order valence-electron chi connectivity index (χ0n) is 17.2. The molecule has 0 unspecified atom stereocenters. The summed E-state index contributed by atoms with van der Waals surface area (Å²) >= 11 is 0. The predicted molar refractivity (Wildman–Crippen MR) is 113 cm³/mol. The lowest BCUT2D eigenvalue weighted by Crippen LogP contribution is -2.39. The van der Waals surface area contributed by atoms with E-state index in [9.17, 15) is 9.90 Å². The fraction of sp³-hybridized carbons (Fsp3) is 0.522. The van der Waals surface area contributed by atoms with Gasteiger partial charge < -0.3 is 14.4 Å². The highest BCUT2D eigenvalue weighted by molar-refractivity contribution is 5.30. The molecular formula is C23H31N3O3. The van der Waals surface area contributed by atoms with Gasteiger partial charge in [-0.15, -0.1) is 0 Å². The molecule has 2 aliphatic rings. The normalized spacial score (nSPS) is 21.3. The molecule has 4 rings (SSSR count). The first-order valence-corrected chi connectivity index (χ1v) is 10.6. The molecule has 2 aliphatic heterocycles. The summed E-state index contributed by atoms with van der Waals surface area (Å²) in [6.45, 7) is 5.62. The van der Waals surface area contributed by atoms with Crippen LogP contribution in [-0.4, -0.2) is 52.3 Å². The van der Waals surface area contributed by atoms with E-state index in [4.69, 9.17) is 4.74 Å². The van der Waals surface area contributed by atoms with Crippen molar-refractivity contribution >= 4 is 0 Å². The molecular weight excluding hydrogens is 366 g/mol. The summed E-state index contributed by atoms with van der Waals surface area (Å²) in [6.07, 6.45) is 3.73. The quantitative estimate of drug-likeness (QED) is 0.841. The number of nitrogens with zero attached hydrogens (tertiary/aromatic N) is 3. The average molecular weight is 398 g/mol. The number of ether oxygens (including phenoxy) is 1. The van der Waals surface area contributed by atoms with Gasteiger partial charge in [0.25, 0.3) is 0 Å². The molecule has 29 heavy (non-hydrogen) atoms. The van der Waals surface area contributed by atoms with E-state index in [1.165, 1.54) is 19.3 Å². The van der Waals surface area contributed by atoms with E-state index in [1.807, 2.05) is 29.8 Å². The number of morpholine rings is 1. The number of hydrogen-bond donors (Lipinski definition) is 1. The Hall–Kier alpha value is -2.15. The second-order valence-corrected chi connectivity index (χ2v) is 8.20. The van der Waals surface area contributed by atoms with Crippen LogP contribution in [0.3, 0.4) is 0 Å². The Balaban J connectivity index is 1.52. The third kappa shape index (κ3) is 4.71. The van der Waals surface area contributed by atoms with Gasteiger partial charge in [0.05, 0.1) is 18.4 Å². The van der Waals surface area contributed by atoms with Crippen LogP contribution in [0.4, 0.5) is 0 Å². The number of likely N-dealkylation sites (tertiary alicyclic amines) is 1. The third-order valence-electron chi connectivity index (χ3n) is 6.17. The highest BCUT2D eigenvalue weighted by atomic mass is 16.5. The summed E-state index contributed by atoms with van der Waals surface area (Å²) in [7, 11) is 1.96. The number of hydrogen-bond acceptors (Lipinski definition) is 5. The molecule has 1 aromatic heterocycles. The van der Waals surface area contributed by atoms with Gasteiger partial charge in [0, 0.05) is 45.0 Å². The van der Waals surface area contributed by atoms with Gasteiger partial charge in [0.2, 0.25) is 5.43 Å². The lowest BCUT2D eigenvalue weighted by atomic mass is 10.1. The molecule has 1 aromatic carbocycles. The summed E-state index contributed by atoms with van der Waals surface area (Å²) in [5, 5.41) is 10.5. The molecule has 6 heteroatoms. The van der Waals surface area contributed by atoms with Crippen molar-refractivity contribution in [3.05, 3.63) is 63.6 Å². The zero-order valence-corrected chi connectivity index (χ0v) is 17.2. The highest BCUT2D eigenvalue weighted by Crippen LogP contribution is 2.25. The monoisotopic (exact) mass is 397 g/mol. The number of aromatic nitrogens is 1. The molecule has 2 saturated heterocycles. The number of piperidine rings is 1. The lowest BCUT2D eigenvalue weighted by Gasteiger charge is -2.34. The van der Waals surface area contributed by atoms with Gasteiger partial charge in [-0.05, 0) is 31.5 Å². The van der Waals surface area contributed by atoms with E-state index in [0.29, 0.717) is 18.8 Å². The molecule has 0 saturated carbocycles. The van der Waals surface area contributed by atoms with Crippen molar-refractivity contribution in [2.24, 2.45) is 7.05 Å². The fourth-order valence-electron chi connectivity index (χ4n) is 4.40. The van der Waals surface area contributed by atoms with Crippen molar-refractivity contribution in [1.82, 2.24) is 14.4 Å². The minimum absolute atomic E-state index is 0.0145. The predicted octanol–water partition coefficient (Wildman–Crippen LogP) is 2.65.